The van der Waals surface area contributed by atoms with Gasteiger partial charge in [0.05, 0.1) is 11.5 Å². The van der Waals surface area contributed by atoms with E-state index in [1.807, 2.05) is 0 Å². The quantitative estimate of drug-likeness (QED) is 0.404. The van der Waals surface area contributed by atoms with E-state index >= 15 is 4.39 Å². The minimum atomic E-state index is -1.93. The number of rotatable bonds is 4. The summed E-state index contributed by atoms with van der Waals surface area (Å²) in [5.74, 6) is -4.39. The molecule has 5 rings (SSSR count). The number of carbonyl (C=O) groups excluding carboxylic acids is 4. The highest BCUT2D eigenvalue weighted by molar-refractivity contribution is 5.95. The topological polar surface area (TPSA) is 108 Å². The van der Waals surface area contributed by atoms with Crippen molar-refractivity contribution in [3.8, 4) is 0 Å². The lowest BCUT2D eigenvalue weighted by Crippen LogP contribution is -2.58. The summed E-state index contributed by atoms with van der Waals surface area (Å²) in [6, 6.07) is 6.50. The highest BCUT2D eigenvalue weighted by Gasteiger charge is 2.81. The van der Waals surface area contributed by atoms with E-state index in [2.05, 4.69) is 6.58 Å². The van der Waals surface area contributed by atoms with Crippen molar-refractivity contribution >= 4 is 24.0 Å². The van der Waals surface area contributed by atoms with Gasteiger partial charge in [-0.2, -0.15) is 0 Å². The first kappa shape index (κ1) is 19.5. The molecule has 0 radical (unpaired) electrons. The third-order valence-corrected chi connectivity index (χ3v) is 6.42. The molecule has 0 aromatic heterocycles. The van der Waals surface area contributed by atoms with Crippen LogP contribution in [0.1, 0.15) is 28.6 Å². The van der Waals surface area contributed by atoms with Crippen LogP contribution in [0.3, 0.4) is 0 Å². The van der Waals surface area contributed by atoms with Gasteiger partial charge in [0.25, 0.3) is 6.29 Å². The van der Waals surface area contributed by atoms with Crippen LogP contribution in [0, 0.1) is 17.8 Å². The number of esters is 3. The summed E-state index contributed by atoms with van der Waals surface area (Å²) >= 11 is 0. The van der Waals surface area contributed by atoms with E-state index in [0.29, 0.717) is 11.1 Å². The van der Waals surface area contributed by atoms with Gasteiger partial charge in [0.2, 0.25) is 0 Å². The molecule has 6 atom stereocenters. The first-order valence-corrected chi connectivity index (χ1v) is 9.78. The largest absolute Gasteiger partial charge is 0.445 e. The Labute approximate surface area is 175 Å². The van der Waals surface area contributed by atoms with Crippen LogP contribution in [0.5, 0.6) is 0 Å². The number of fused-ring (bicyclic) bond motifs is 3. The molecule has 31 heavy (non-hydrogen) atoms. The zero-order valence-electron chi connectivity index (χ0n) is 16.2. The van der Waals surface area contributed by atoms with E-state index < -0.39 is 66.5 Å². The zero-order chi connectivity index (χ0) is 21.9. The lowest BCUT2D eigenvalue weighted by molar-refractivity contribution is -0.171. The average molecular weight is 431 g/mol. The predicted octanol–water partition coefficient (Wildman–Crippen LogP) is 1.88. The Morgan fingerprint density at radius 2 is 2.10 bits per heavy atom. The summed E-state index contributed by atoms with van der Waals surface area (Å²) in [6.07, 6.45) is -2.61. The van der Waals surface area contributed by atoms with Crippen LogP contribution in [-0.4, -0.2) is 53.9 Å². The van der Waals surface area contributed by atoms with Crippen LogP contribution in [0.25, 0.3) is 0 Å². The fourth-order valence-electron chi connectivity index (χ4n) is 5.08. The average Bonchev–Trinajstić information content (AvgIpc) is 3.05. The first-order valence-electron chi connectivity index (χ1n) is 9.78. The van der Waals surface area contributed by atoms with Crippen LogP contribution in [-0.2, 0) is 28.5 Å². The molecule has 4 aliphatic rings. The normalized spacial score (nSPS) is 34.6. The van der Waals surface area contributed by atoms with Crippen molar-refractivity contribution in [2.75, 3.05) is 13.3 Å². The summed E-state index contributed by atoms with van der Waals surface area (Å²) in [5, 5.41) is 0. The van der Waals surface area contributed by atoms with Gasteiger partial charge in [0.15, 0.2) is 12.3 Å². The number of halogens is 1. The van der Waals surface area contributed by atoms with E-state index in [4.69, 9.17) is 18.9 Å². The van der Waals surface area contributed by atoms with Gasteiger partial charge in [0.1, 0.15) is 12.8 Å². The van der Waals surface area contributed by atoms with Gasteiger partial charge in [-0.15, -0.1) is 0 Å². The Balaban J connectivity index is 1.36. The summed E-state index contributed by atoms with van der Waals surface area (Å²) in [5.41, 5.74) is -1.22. The van der Waals surface area contributed by atoms with Crippen molar-refractivity contribution in [1.82, 2.24) is 4.90 Å². The second kappa shape index (κ2) is 6.79. The van der Waals surface area contributed by atoms with Crippen LogP contribution >= 0.6 is 0 Å². The molecule has 1 aromatic carbocycles. The van der Waals surface area contributed by atoms with E-state index in [1.54, 1.807) is 24.3 Å². The van der Waals surface area contributed by atoms with E-state index in [1.165, 1.54) is 6.08 Å². The molecule has 2 saturated carbocycles. The molecule has 0 N–H and O–H groups in total. The molecule has 9 nitrogen and oxygen atoms in total. The third-order valence-electron chi connectivity index (χ3n) is 6.42. The van der Waals surface area contributed by atoms with E-state index in [0.717, 1.165) is 4.90 Å². The first-order chi connectivity index (χ1) is 14.9. The van der Waals surface area contributed by atoms with Gasteiger partial charge in [-0.1, -0.05) is 30.9 Å². The molecule has 10 heteroatoms. The van der Waals surface area contributed by atoms with Crippen molar-refractivity contribution in [2.45, 2.75) is 24.4 Å². The fourth-order valence-corrected chi connectivity index (χ4v) is 5.08. The van der Waals surface area contributed by atoms with Gasteiger partial charge in [-0.25, -0.2) is 18.8 Å². The van der Waals surface area contributed by atoms with Crippen LogP contribution in [0.4, 0.5) is 9.18 Å². The maximum absolute atomic E-state index is 15.0. The molecule has 1 spiro atoms. The Morgan fingerprint density at radius 1 is 1.32 bits per heavy atom. The Kier molecular flexibility index (Phi) is 4.28. The van der Waals surface area contributed by atoms with Gasteiger partial charge < -0.3 is 18.9 Å². The Bertz CT molecular complexity index is 1010. The summed E-state index contributed by atoms with van der Waals surface area (Å²) in [4.78, 5) is 50.7. The van der Waals surface area contributed by atoms with Gasteiger partial charge in [0, 0.05) is 11.5 Å². The second-order valence-corrected chi connectivity index (χ2v) is 7.86. The Morgan fingerprint density at radius 3 is 2.87 bits per heavy atom. The molecule has 3 fully saturated rings. The standard InChI is InChI=1S/C21H18FNO8/c1-2-7-28-20(27)23-9-29-19(26)21(23)13(22)8-12-14(15(12)21)17(25)31-18-11-6-4-3-5-10(11)16(24)30-18/h2-6,12-15,18H,1,7-9H2/t12-,13-,14-,15?,18+,21-/m0/s1. The molecule has 2 heterocycles. The minimum absolute atomic E-state index is 0.105. The summed E-state index contributed by atoms with van der Waals surface area (Å²) < 4.78 is 35.5. The molecule has 2 aliphatic carbocycles. The smallest absolute Gasteiger partial charge is 0.413 e. The molecule has 1 amide bonds. The van der Waals surface area contributed by atoms with Crippen molar-refractivity contribution in [1.29, 1.82) is 0 Å². The summed E-state index contributed by atoms with van der Waals surface area (Å²) in [7, 11) is 0. The number of amides is 1. The second-order valence-electron chi connectivity index (χ2n) is 7.86. The van der Waals surface area contributed by atoms with Crippen LogP contribution in [0.15, 0.2) is 36.9 Å². The Hall–Kier alpha value is -3.43. The molecule has 2 aliphatic heterocycles. The molecule has 1 unspecified atom stereocenters. The number of hydrogen-bond donors (Lipinski definition) is 0. The minimum Gasteiger partial charge on any atom is -0.445 e. The third kappa shape index (κ3) is 2.60. The number of alkyl halides is 1. The van der Waals surface area contributed by atoms with Crippen molar-refractivity contribution in [3.63, 3.8) is 0 Å². The molecule has 0 bridgehead atoms. The fraction of sp³-hybridized carbons (Fsp3) is 0.429. The zero-order valence-corrected chi connectivity index (χ0v) is 16.2. The summed E-state index contributed by atoms with van der Waals surface area (Å²) in [6.45, 7) is 2.85. The van der Waals surface area contributed by atoms with Crippen molar-refractivity contribution in [2.24, 2.45) is 17.8 Å². The highest BCUT2D eigenvalue weighted by Crippen LogP contribution is 2.67. The monoisotopic (exact) mass is 431 g/mol. The number of ether oxygens (including phenoxy) is 4. The van der Waals surface area contributed by atoms with Crippen molar-refractivity contribution in [3.05, 3.63) is 48.0 Å². The number of hydrogen-bond acceptors (Lipinski definition) is 8. The molecular weight excluding hydrogens is 413 g/mol. The van der Waals surface area contributed by atoms with E-state index in [-0.39, 0.29) is 13.0 Å². The molecular formula is C21H18FNO8. The predicted molar refractivity (Wildman–Crippen MR) is 97.7 cm³/mol. The number of benzene rings is 1. The lowest BCUT2D eigenvalue weighted by atomic mass is 9.88. The maximum atomic E-state index is 15.0. The van der Waals surface area contributed by atoms with Crippen LogP contribution in [0.2, 0.25) is 0 Å². The molecule has 1 aromatic rings. The van der Waals surface area contributed by atoms with Gasteiger partial charge in [-0.3, -0.25) is 9.69 Å². The lowest BCUT2D eigenvalue weighted by Gasteiger charge is -2.33. The van der Waals surface area contributed by atoms with Gasteiger partial charge >= 0.3 is 24.0 Å². The van der Waals surface area contributed by atoms with Gasteiger partial charge in [-0.05, 0) is 18.4 Å². The molecule has 162 valence electrons. The maximum Gasteiger partial charge on any atom is 0.413 e. The number of nitrogens with zero attached hydrogens (tertiary/aromatic N) is 1. The highest BCUT2D eigenvalue weighted by atomic mass is 19.1. The number of cyclic esters (lactones) is 2. The molecule has 1 saturated heterocycles. The van der Waals surface area contributed by atoms with Crippen LogP contribution < -0.4 is 0 Å². The van der Waals surface area contributed by atoms with Crippen molar-refractivity contribution < 1.29 is 42.5 Å². The number of carbonyl (C=O) groups is 4. The van der Waals surface area contributed by atoms with E-state index in [9.17, 15) is 19.2 Å². The SMILES string of the molecule is C=CCOC(=O)N1COC(=O)[C@]12C1[C@@H](C[C@@H]2F)[C@@H]1C(=O)O[C@H]1OC(=O)c2ccccc21.